The molecule has 1 aliphatic heterocycles. The summed E-state index contributed by atoms with van der Waals surface area (Å²) in [6.45, 7) is 3.22. The molecule has 1 aromatic carbocycles. The highest BCUT2D eigenvalue weighted by molar-refractivity contribution is 6.35. The summed E-state index contributed by atoms with van der Waals surface area (Å²) in [6.07, 6.45) is 3.12. The average molecular weight is 339 g/mol. The van der Waals surface area contributed by atoms with Crippen molar-refractivity contribution < 1.29 is 14.6 Å². The second kappa shape index (κ2) is 5.04. The maximum Gasteiger partial charge on any atom is 0.343 e. The molecule has 1 N–H and O–H groups in total. The number of cyclic esters (lactones) is 1. The highest BCUT2D eigenvalue weighted by Gasteiger charge is 2.42. The molecular formula is C15H12Cl2N2O3. The Hall–Kier alpha value is -1.98. The van der Waals surface area contributed by atoms with Gasteiger partial charge in [0.25, 0.3) is 0 Å². The Balaban J connectivity index is 2.16. The zero-order chi connectivity index (χ0) is 16.1. The molecule has 2 heterocycles. The van der Waals surface area contributed by atoms with Gasteiger partial charge in [-0.05, 0) is 32.0 Å². The summed E-state index contributed by atoms with van der Waals surface area (Å²) >= 11 is 12.0. The minimum absolute atomic E-state index is 0.0649. The van der Waals surface area contributed by atoms with Gasteiger partial charge in [-0.3, -0.25) is 0 Å². The third-order valence-electron chi connectivity index (χ3n) is 3.39. The molecular weight excluding hydrogens is 327 g/mol. The first-order valence-electron chi connectivity index (χ1n) is 6.47. The van der Waals surface area contributed by atoms with Gasteiger partial charge in [0.15, 0.2) is 11.4 Å². The van der Waals surface area contributed by atoms with E-state index in [-0.39, 0.29) is 11.3 Å². The van der Waals surface area contributed by atoms with Crippen LogP contribution in [0.3, 0.4) is 0 Å². The molecule has 0 fully saturated rings. The summed E-state index contributed by atoms with van der Waals surface area (Å²) < 4.78 is 6.71. The third kappa shape index (κ3) is 2.36. The Morgan fingerprint density at radius 1 is 1.32 bits per heavy atom. The number of hydrogen-bond donors (Lipinski definition) is 1. The number of halogens is 2. The van der Waals surface area contributed by atoms with Gasteiger partial charge in [0.1, 0.15) is 5.57 Å². The predicted molar refractivity (Wildman–Crippen MR) is 83.3 cm³/mol. The van der Waals surface area contributed by atoms with E-state index >= 15 is 0 Å². The van der Waals surface area contributed by atoms with Crippen LogP contribution < -0.4 is 0 Å². The van der Waals surface area contributed by atoms with Crippen LogP contribution in [-0.2, 0) is 9.53 Å². The first-order chi connectivity index (χ1) is 10.3. The van der Waals surface area contributed by atoms with Crippen molar-refractivity contribution in [2.45, 2.75) is 19.4 Å². The number of aromatic nitrogens is 2. The number of rotatable bonds is 2. The van der Waals surface area contributed by atoms with Crippen molar-refractivity contribution >= 4 is 34.7 Å². The van der Waals surface area contributed by atoms with Crippen molar-refractivity contribution in [1.82, 2.24) is 9.78 Å². The summed E-state index contributed by atoms with van der Waals surface area (Å²) in [6, 6.07) is 5.01. The minimum atomic E-state index is -1.07. The van der Waals surface area contributed by atoms with Gasteiger partial charge in [-0.15, -0.1) is 0 Å². The van der Waals surface area contributed by atoms with Crippen molar-refractivity contribution in [3.63, 3.8) is 0 Å². The molecule has 0 aliphatic carbocycles. The number of esters is 1. The molecule has 2 aromatic rings. The number of hydrogen-bond acceptors (Lipinski definition) is 4. The first-order valence-corrected chi connectivity index (χ1v) is 7.23. The summed E-state index contributed by atoms with van der Waals surface area (Å²) in [4.78, 5) is 12.1. The second-order valence-electron chi connectivity index (χ2n) is 5.39. The smallest absolute Gasteiger partial charge is 0.343 e. The molecule has 3 rings (SSSR count). The number of nitrogens with zero attached hydrogens (tertiary/aromatic N) is 2. The molecule has 0 spiro atoms. The van der Waals surface area contributed by atoms with Gasteiger partial charge in [0.05, 0.1) is 16.9 Å². The van der Waals surface area contributed by atoms with Gasteiger partial charge in [0, 0.05) is 16.8 Å². The predicted octanol–water partition coefficient (Wildman–Crippen LogP) is 3.78. The van der Waals surface area contributed by atoms with Crippen LogP contribution in [0.2, 0.25) is 10.0 Å². The maximum atomic E-state index is 12.1. The van der Waals surface area contributed by atoms with Gasteiger partial charge < -0.3 is 9.84 Å². The molecule has 0 unspecified atom stereocenters. The van der Waals surface area contributed by atoms with Gasteiger partial charge in [-0.1, -0.05) is 23.2 Å². The second-order valence-corrected chi connectivity index (χ2v) is 6.23. The fourth-order valence-corrected chi connectivity index (χ4v) is 2.60. The van der Waals surface area contributed by atoms with Crippen LogP contribution in [0.4, 0.5) is 0 Å². The largest absolute Gasteiger partial charge is 0.507 e. The number of benzene rings is 1. The zero-order valence-corrected chi connectivity index (χ0v) is 13.3. The molecule has 0 amide bonds. The quantitative estimate of drug-likeness (QED) is 0.846. The lowest BCUT2D eigenvalue weighted by atomic mass is 9.99. The Kier molecular flexibility index (Phi) is 3.42. The molecule has 0 radical (unpaired) electrons. The van der Waals surface area contributed by atoms with E-state index in [1.165, 1.54) is 6.20 Å². The summed E-state index contributed by atoms with van der Waals surface area (Å²) in [7, 11) is 0. The van der Waals surface area contributed by atoms with Crippen LogP contribution in [0.1, 0.15) is 19.4 Å². The van der Waals surface area contributed by atoms with E-state index in [9.17, 15) is 9.90 Å². The van der Waals surface area contributed by atoms with Gasteiger partial charge >= 0.3 is 5.97 Å². The van der Waals surface area contributed by atoms with Crippen molar-refractivity contribution in [2.24, 2.45) is 0 Å². The van der Waals surface area contributed by atoms with E-state index < -0.39 is 11.6 Å². The van der Waals surface area contributed by atoms with Gasteiger partial charge in [0.2, 0.25) is 0 Å². The van der Waals surface area contributed by atoms with Crippen LogP contribution in [0, 0.1) is 0 Å². The number of aliphatic hydroxyl groups is 1. The lowest BCUT2D eigenvalue weighted by Crippen LogP contribution is -2.22. The van der Waals surface area contributed by atoms with Crippen molar-refractivity contribution in [2.75, 3.05) is 0 Å². The number of carbonyl (C=O) groups is 1. The molecule has 5 nitrogen and oxygen atoms in total. The fourth-order valence-electron chi connectivity index (χ4n) is 2.26. The van der Waals surface area contributed by atoms with Gasteiger partial charge in [-0.2, -0.15) is 5.10 Å². The monoisotopic (exact) mass is 338 g/mol. The number of ether oxygens (including phenoxy) is 1. The maximum absolute atomic E-state index is 12.1. The lowest BCUT2D eigenvalue weighted by Gasteiger charge is -2.16. The zero-order valence-electron chi connectivity index (χ0n) is 11.8. The molecule has 114 valence electrons. The normalized spacial score (nSPS) is 17.0. The topological polar surface area (TPSA) is 64.4 Å². The molecule has 7 heteroatoms. The van der Waals surface area contributed by atoms with E-state index in [1.807, 2.05) is 0 Å². The Morgan fingerprint density at radius 3 is 2.59 bits per heavy atom. The van der Waals surface area contributed by atoms with Crippen molar-refractivity contribution in [3.05, 3.63) is 52.0 Å². The molecule has 0 saturated heterocycles. The minimum Gasteiger partial charge on any atom is -0.507 e. The standard InChI is InChI=1S/C15H12Cl2N2O3/c1-15(2)13(20)12(14(21)22-15)10-5-9(3-4-11(10)17)19-7-8(16)6-18-19/h3-7,20H,1-2H3. The van der Waals surface area contributed by atoms with Crippen LogP contribution in [0.15, 0.2) is 36.4 Å². The SMILES string of the molecule is CC1(C)OC(=O)C(c2cc(-n3cc(Cl)cn3)ccc2Cl)=C1O. The van der Waals surface area contributed by atoms with E-state index in [1.54, 1.807) is 42.9 Å². The van der Waals surface area contributed by atoms with E-state index in [2.05, 4.69) is 5.10 Å². The average Bonchev–Trinajstić information content (AvgIpc) is 2.94. The number of aliphatic hydroxyl groups excluding tert-OH is 1. The van der Waals surface area contributed by atoms with Crippen LogP contribution in [-0.4, -0.2) is 26.5 Å². The molecule has 0 atom stereocenters. The molecule has 1 aliphatic rings. The van der Waals surface area contributed by atoms with E-state index in [0.29, 0.717) is 21.3 Å². The summed E-state index contributed by atoms with van der Waals surface area (Å²) in [5.74, 6) is -0.755. The third-order valence-corrected chi connectivity index (χ3v) is 3.92. The van der Waals surface area contributed by atoms with Crippen molar-refractivity contribution in [1.29, 1.82) is 0 Å². The molecule has 0 saturated carbocycles. The number of carbonyl (C=O) groups excluding carboxylic acids is 1. The van der Waals surface area contributed by atoms with Crippen LogP contribution in [0.5, 0.6) is 0 Å². The van der Waals surface area contributed by atoms with Crippen LogP contribution in [0.25, 0.3) is 11.3 Å². The van der Waals surface area contributed by atoms with Crippen molar-refractivity contribution in [3.8, 4) is 5.69 Å². The Labute approximate surface area is 136 Å². The molecule has 0 bridgehead atoms. The fraction of sp³-hybridized carbons (Fsp3) is 0.200. The Morgan fingerprint density at radius 2 is 2.05 bits per heavy atom. The highest BCUT2D eigenvalue weighted by Crippen LogP contribution is 2.39. The van der Waals surface area contributed by atoms with Gasteiger partial charge in [-0.25, -0.2) is 9.48 Å². The summed E-state index contributed by atoms with van der Waals surface area (Å²) in [5.41, 5.74) is 0.0406. The molecule has 22 heavy (non-hydrogen) atoms. The highest BCUT2D eigenvalue weighted by atomic mass is 35.5. The van der Waals surface area contributed by atoms with Crippen LogP contribution >= 0.6 is 23.2 Å². The lowest BCUT2D eigenvalue weighted by molar-refractivity contribution is -0.143. The summed E-state index contributed by atoms with van der Waals surface area (Å²) in [5, 5.41) is 15.2. The van der Waals surface area contributed by atoms with E-state index in [4.69, 9.17) is 27.9 Å². The molecule has 1 aromatic heterocycles. The Bertz CT molecular complexity index is 809. The van der Waals surface area contributed by atoms with E-state index in [0.717, 1.165) is 0 Å². The first kappa shape index (κ1) is 14.9.